The zero-order valence-electron chi connectivity index (χ0n) is 20.0. The van der Waals surface area contributed by atoms with Crippen molar-refractivity contribution in [2.75, 3.05) is 16.4 Å². The van der Waals surface area contributed by atoms with Gasteiger partial charge in [-0.15, -0.1) is 11.3 Å². The molecule has 0 atom stereocenters. The average molecular weight is 536 g/mol. The monoisotopic (exact) mass is 535 g/mol. The van der Waals surface area contributed by atoms with E-state index in [1.54, 1.807) is 39.1 Å². The summed E-state index contributed by atoms with van der Waals surface area (Å²) in [5, 5.41) is 11.2. The number of carbonyl (C=O) groups is 2. The molecule has 3 rings (SSSR count). The molecule has 8 nitrogen and oxygen atoms in total. The molecule has 0 radical (unpaired) electrons. The standard InChI is InChI=1S/C24H26ClN3O5S2/c1-6-18(29)17-11-13(2)10-14(3)20(17)27-23(30)21-22(15(4)12-34-21)35(31,32)9-7-8-26-24-19(25)16(5)28-33-24/h7-8,10-12,26H,6,9H2,1-5H3,(H,27,30). The van der Waals surface area contributed by atoms with Crippen LogP contribution in [0, 0.1) is 27.7 Å². The van der Waals surface area contributed by atoms with Crippen LogP contribution in [0.5, 0.6) is 0 Å². The molecule has 0 fully saturated rings. The first kappa shape index (κ1) is 26.7. The molecule has 0 bridgehead atoms. The Morgan fingerprint density at radius 1 is 1.17 bits per heavy atom. The minimum absolute atomic E-state index is 0.0358. The number of benzene rings is 1. The number of carbonyl (C=O) groups excluding carboxylic acids is 2. The normalized spacial score (nSPS) is 11.7. The van der Waals surface area contributed by atoms with Crippen molar-refractivity contribution in [2.45, 2.75) is 45.9 Å². The van der Waals surface area contributed by atoms with Crippen LogP contribution in [-0.4, -0.2) is 31.0 Å². The van der Waals surface area contributed by atoms with Gasteiger partial charge in [0, 0.05) is 18.2 Å². The van der Waals surface area contributed by atoms with Gasteiger partial charge in [0.15, 0.2) is 15.6 Å². The van der Waals surface area contributed by atoms with Crippen LogP contribution < -0.4 is 10.6 Å². The van der Waals surface area contributed by atoms with E-state index in [9.17, 15) is 18.0 Å². The van der Waals surface area contributed by atoms with Gasteiger partial charge in [-0.3, -0.25) is 9.59 Å². The van der Waals surface area contributed by atoms with E-state index in [1.165, 1.54) is 12.3 Å². The lowest BCUT2D eigenvalue weighted by Crippen LogP contribution is -2.18. The third-order valence-electron chi connectivity index (χ3n) is 5.21. The van der Waals surface area contributed by atoms with Gasteiger partial charge in [-0.25, -0.2) is 8.42 Å². The van der Waals surface area contributed by atoms with E-state index in [0.29, 0.717) is 27.5 Å². The first-order valence-corrected chi connectivity index (χ1v) is 13.7. The number of amides is 1. The van der Waals surface area contributed by atoms with Crippen LogP contribution in [0.15, 0.2) is 39.2 Å². The van der Waals surface area contributed by atoms with Crippen molar-refractivity contribution >= 4 is 56.0 Å². The van der Waals surface area contributed by atoms with Crippen LogP contribution in [0.1, 0.15) is 55.8 Å². The summed E-state index contributed by atoms with van der Waals surface area (Å²) in [5.41, 5.74) is 3.41. The number of anilines is 2. The molecule has 0 saturated carbocycles. The highest BCUT2D eigenvalue weighted by Crippen LogP contribution is 2.31. The Bertz CT molecular complexity index is 1420. The summed E-state index contributed by atoms with van der Waals surface area (Å²) in [7, 11) is -3.85. The Labute approximate surface area is 213 Å². The maximum Gasteiger partial charge on any atom is 0.267 e. The van der Waals surface area contributed by atoms with E-state index in [2.05, 4.69) is 15.8 Å². The summed E-state index contributed by atoms with van der Waals surface area (Å²) in [6.45, 7) is 8.74. The van der Waals surface area contributed by atoms with Crippen molar-refractivity contribution in [2.24, 2.45) is 0 Å². The predicted molar refractivity (Wildman–Crippen MR) is 139 cm³/mol. The molecule has 11 heteroatoms. The Morgan fingerprint density at radius 2 is 1.89 bits per heavy atom. The van der Waals surface area contributed by atoms with Gasteiger partial charge in [0.1, 0.15) is 15.6 Å². The van der Waals surface area contributed by atoms with Crippen LogP contribution in [0.25, 0.3) is 0 Å². The lowest BCUT2D eigenvalue weighted by atomic mass is 9.99. The second-order valence-electron chi connectivity index (χ2n) is 8.05. The highest BCUT2D eigenvalue weighted by molar-refractivity contribution is 7.91. The number of sulfone groups is 1. The van der Waals surface area contributed by atoms with Crippen molar-refractivity contribution in [1.29, 1.82) is 0 Å². The number of aryl methyl sites for hydroxylation is 4. The average Bonchev–Trinajstić information content (AvgIpc) is 3.35. The number of Topliss-reactive ketones (excluding diaryl/α,β-unsaturated/α-hetero) is 1. The first-order valence-electron chi connectivity index (χ1n) is 10.8. The van der Waals surface area contributed by atoms with Gasteiger partial charge in [-0.1, -0.05) is 35.8 Å². The molecule has 2 heterocycles. The van der Waals surface area contributed by atoms with Gasteiger partial charge in [0.2, 0.25) is 5.88 Å². The van der Waals surface area contributed by atoms with E-state index >= 15 is 0 Å². The summed E-state index contributed by atoms with van der Waals surface area (Å²) < 4.78 is 31.3. The molecule has 3 aromatic rings. The number of halogens is 1. The van der Waals surface area contributed by atoms with Crippen LogP contribution in [0.4, 0.5) is 11.6 Å². The molecule has 186 valence electrons. The molecule has 35 heavy (non-hydrogen) atoms. The number of hydrogen-bond acceptors (Lipinski definition) is 8. The number of nitrogens with zero attached hydrogens (tertiary/aromatic N) is 1. The number of thiophene rings is 1. The van der Waals surface area contributed by atoms with Gasteiger partial charge in [-0.2, -0.15) is 0 Å². The van der Waals surface area contributed by atoms with Crippen molar-refractivity contribution in [3.63, 3.8) is 0 Å². The van der Waals surface area contributed by atoms with Gasteiger partial charge in [0.25, 0.3) is 5.91 Å². The van der Waals surface area contributed by atoms with Crippen LogP contribution in [-0.2, 0) is 9.84 Å². The highest BCUT2D eigenvalue weighted by Gasteiger charge is 2.27. The summed E-state index contributed by atoms with van der Waals surface area (Å²) in [5.74, 6) is -0.839. The number of rotatable bonds is 9. The molecule has 1 aromatic carbocycles. The molecular weight excluding hydrogens is 510 g/mol. The molecule has 0 spiro atoms. The number of hydrogen-bond donors (Lipinski definition) is 2. The smallest absolute Gasteiger partial charge is 0.267 e. The lowest BCUT2D eigenvalue weighted by Gasteiger charge is -2.14. The van der Waals surface area contributed by atoms with E-state index in [4.69, 9.17) is 16.1 Å². The summed E-state index contributed by atoms with van der Waals surface area (Å²) in [4.78, 5) is 25.7. The van der Waals surface area contributed by atoms with Crippen LogP contribution in [0.3, 0.4) is 0 Å². The predicted octanol–water partition coefficient (Wildman–Crippen LogP) is 5.87. The fraction of sp³-hybridized carbons (Fsp3) is 0.292. The molecular formula is C24H26ClN3O5S2. The van der Waals surface area contributed by atoms with Gasteiger partial charge in [-0.05, 0) is 55.8 Å². The van der Waals surface area contributed by atoms with Crippen molar-refractivity contribution in [3.8, 4) is 0 Å². The number of aromatic nitrogens is 1. The van der Waals surface area contributed by atoms with E-state index in [-0.39, 0.29) is 33.6 Å². The summed E-state index contributed by atoms with van der Waals surface area (Å²) in [6, 6.07) is 3.59. The molecule has 0 unspecified atom stereocenters. The quantitative estimate of drug-likeness (QED) is 0.329. The van der Waals surface area contributed by atoms with E-state index in [0.717, 1.165) is 22.5 Å². The minimum atomic E-state index is -3.85. The SMILES string of the molecule is CCC(=O)c1cc(C)cc(C)c1NC(=O)c1scc(C)c1S(=O)(=O)CC=CNc1onc(C)c1Cl. The van der Waals surface area contributed by atoms with Gasteiger partial charge < -0.3 is 15.2 Å². The van der Waals surface area contributed by atoms with Gasteiger partial charge in [0.05, 0.1) is 16.3 Å². The third-order valence-corrected chi connectivity index (χ3v) is 8.66. The Balaban J connectivity index is 1.85. The highest BCUT2D eigenvalue weighted by atomic mass is 35.5. The molecule has 0 saturated heterocycles. The van der Waals surface area contributed by atoms with Crippen molar-refractivity contribution in [3.05, 3.63) is 67.6 Å². The van der Waals surface area contributed by atoms with Crippen molar-refractivity contribution in [1.82, 2.24) is 5.16 Å². The maximum absolute atomic E-state index is 13.2. The maximum atomic E-state index is 13.2. The number of nitrogens with one attached hydrogen (secondary N) is 2. The minimum Gasteiger partial charge on any atom is -0.337 e. The second kappa shape index (κ2) is 10.8. The largest absolute Gasteiger partial charge is 0.337 e. The Morgan fingerprint density at radius 3 is 2.51 bits per heavy atom. The fourth-order valence-electron chi connectivity index (χ4n) is 3.53. The molecule has 0 aliphatic rings. The van der Waals surface area contributed by atoms with E-state index in [1.807, 2.05) is 13.0 Å². The van der Waals surface area contributed by atoms with Crippen molar-refractivity contribution < 1.29 is 22.5 Å². The third kappa shape index (κ3) is 5.83. The topological polar surface area (TPSA) is 118 Å². The zero-order chi connectivity index (χ0) is 25.9. The van der Waals surface area contributed by atoms with Gasteiger partial charge >= 0.3 is 0 Å². The molecule has 2 aromatic heterocycles. The summed E-state index contributed by atoms with van der Waals surface area (Å²) >= 11 is 7.07. The molecule has 2 N–H and O–H groups in total. The Hall–Kier alpha value is -2.95. The van der Waals surface area contributed by atoms with Crippen LogP contribution >= 0.6 is 22.9 Å². The molecule has 0 aliphatic heterocycles. The zero-order valence-corrected chi connectivity index (χ0v) is 22.4. The summed E-state index contributed by atoms with van der Waals surface area (Å²) in [6.07, 6.45) is 3.07. The molecule has 0 aliphatic carbocycles. The second-order valence-corrected chi connectivity index (χ2v) is 11.3. The first-order chi connectivity index (χ1) is 16.5. The van der Waals surface area contributed by atoms with Crippen LogP contribution in [0.2, 0.25) is 5.02 Å². The van der Waals surface area contributed by atoms with E-state index < -0.39 is 15.7 Å². The lowest BCUT2D eigenvalue weighted by molar-refractivity contribution is 0.0989. The fourth-order valence-corrected chi connectivity index (χ4v) is 6.53. The Kier molecular flexibility index (Phi) is 8.19. The number of ketones is 1. The molecule has 1 amide bonds.